The number of benzene rings is 2. The number of hydrogen-bond acceptors (Lipinski definition) is 10. The molecule has 2 N–H and O–H groups in total. The average molecular weight is 578 g/mol. The van der Waals surface area contributed by atoms with E-state index in [1.807, 2.05) is 31.2 Å². The molecule has 0 bridgehead atoms. The number of piperidine rings is 1. The summed E-state index contributed by atoms with van der Waals surface area (Å²) < 4.78 is 26.0. The van der Waals surface area contributed by atoms with Crippen molar-refractivity contribution in [1.82, 2.24) is 24.8 Å². The van der Waals surface area contributed by atoms with Crippen LogP contribution in [0.5, 0.6) is 5.75 Å². The van der Waals surface area contributed by atoms with Gasteiger partial charge in [0, 0.05) is 56.1 Å². The number of carbonyl (C=O) groups excluding carboxylic acids is 1. The molecule has 11 nitrogen and oxygen atoms in total. The zero-order chi connectivity index (χ0) is 29.1. The highest BCUT2D eigenvalue weighted by atomic mass is 19.1. The summed E-state index contributed by atoms with van der Waals surface area (Å²) in [5, 5.41) is 12.3. The van der Waals surface area contributed by atoms with Gasteiger partial charge in [0.1, 0.15) is 24.8 Å². The molecule has 12 heteroatoms. The number of hydrogen-bond donors (Lipinski definition) is 2. The second kappa shape index (κ2) is 12.6. The van der Waals surface area contributed by atoms with Crippen molar-refractivity contribution < 1.29 is 23.8 Å². The zero-order valence-electron chi connectivity index (χ0n) is 23.7. The Morgan fingerprint density at radius 1 is 1.10 bits per heavy atom. The summed E-state index contributed by atoms with van der Waals surface area (Å²) in [7, 11) is 0. The Labute approximate surface area is 244 Å². The lowest BCUT2D eigenvalue weighted by molar-refractivity contribution is -0.138. The van der Waals surface area contributed by atoms with E-state index in [-0.39, 0.29) is 6.54 Å². The smallest absolute Gasteiger partial charge is 0.248 e. The van der Waals surface area contributed by atoms with Gasteiger partial charge in [0.15, 0.2) is 12.0 Å². The van der Waals surface area contributed by atoms with Gasteiger partial charge in [0.2, 0.25) is 11.9 Å². The molecule has 0 spiro atoms. The Hall–Kier alpha value is -3.87. The Balaban J connectivity index is 1.05. The predicted octanol–water partition coefficient (Wildman–Crippen LogP) is 2.42. The SMILES string of the molecule is Cc1cc(-c2ncnc(Nc3ccc(N4CCN(C5COC5)CC4)cc3)n2)ccc1O[C@H]1CCN(C(=O)CO)C[C@H]1F. The average Bonchev–Trinajstić information content (AvgIpc) is 2.99. The lowest BCUT2D eigenvalue weighted by Gasteiger charge is -2.43. The van der Waals surface area contributed by atoms with E-state index < -0.39 is 24.8 Å². The molecule has 3 aromatic rings. The maximum absolute atomic E-state index is 14.7. The number of ether oxygens (including phenoxy) is 2. The molecule has 2 aromatic carbocycles. The first kappa shape index (κ1) is 28.3. The fourth-order valence-electron chi connectivity index (χ4n) is 5.59. The molecule has 3 aliphatic rings. The fraction of sp³-hybridized carbons (Fsp3) is 0.467. The van der Waals surface area contributed by atoms with Gasteiger partial charge in [0.25, 0.3) is 0 Å². The van der Waals surface area contributed by atoms with Crippen molar-refractivity contribution in [2.45, 2.75) is 31.7 Å². The molecule has 3 aliphatic heterocycles. The molecule has 0 unspecified atom stereocenters. The number of aliphatic hydroxyl groups excluding tert-OH is 1. The number of likely N-dealkylation sites (tertiary alicyclic amines) is 1. The summed E-state index contributed by atoms with van der Waals surface area (Å²) >= 11 is 0. The third kappa shape index (κ3) is 6.30. The molecule has 4 heterocycles. The number of aromatic nitrogens is 3. The van der Waals surface area contributed by atoms with Crippen LogP contribution in [0.4, 0.5) is 21.7 Å². The van der Waals surface area contributed by atoms with Gasteiger partial charge >= 0.3 is 0 Å². The van der Waals surface area contributed by atoms with Crippen LogP contribution in [0.2, 0.25) is 0 Å². The summed E-state index contributed by atoms with van der Waals surface area (Å²) in [5.74, 6) is 1.04. The molecule has 0 aliphatic carbocycles. The van der Waals surface area contributed by atoms with Crippen LogP contribution < -0.4 is 15.0 Å². The molecule has 222 valence electrons. The van der Waals surface area contributed by atoms with E-state index in [2.05, 4.69) is 42.2 Å². The van der Waals surface area contributed by atoms with Crippen LogP contribution in [0.1, 0.15) is 12.0 Å². The highest BCUT2D eigenvalue weighted by molar-refractivity contribution is 5.77. The second-order valence-electron chi connectivity index (χ2n) is 11.0. The van der Waals surface area contributed by atoms with Gasteiger partial charge in [-0.15, -0.1) is 0 Å². The van der Waals surface area contributed by atoms with Crippen LogP contribution in [-0.2, 0) is 9.53 Å². The van der Waals surface area contributed by atoms with E-state index in [0.29, 0.717) is 36.5 Å². The fourth-order valence-corrected chi connectivity index (χ4v) is 5.59. The molecule has 42 heavy (non-hydrogen) atoms. The number of amides is 1. The third-order valence-electron chi connectivity index (χ3n) is 8.19. The largest absolute Gasteiger partial charge is 0.487 e. The normalized spacial score (nSPS) is 21.6. The number of piperazine rings is 1. The van der Waals surface area contributed by atoms with Crippen molar-refractivity contribution in [3.63, 3.8) is 0 Å². The van der Waals surface area contributed by atoms with Crippen molar-refractivity contribution in [2.75, 3.05) is 69.3 Å². The Morgan fingerprint density at radius 3 is 2.55 bits per heavy atom. The van der Waals surface area contributed by atoms with Crippen molar-refractivity contribution >= 4 is 23.2 Å². The minimum Gasteiger partial charge on any atom is -0.487 e. The van der Waals surface area contributed by atoms with Crippen LogP contribution in [0.15, 0.2) is 48.8 Å². The van der Waals surface area contributed by atoms with Crippen molar-refractivity contribution in [3.05, 3.63) is 54.4 Å². The molecule has 1 aromatic heterocycles. The number of aryl methyl sites for hydroxylation is 1. The number of alkyl halides is 1. The monoisotopic (exact) mass is 577 g/mol. The number of rotatable bonds is 8. The number of aliphatic hydroxyl groups is 1. The third-order valence-corrected chi connectivity index (χ3v) is 8.19. The lowest BCUT2D eigenvalue weighted by Crippen LogP contribution is -2.56. The number of nitrogens with zero attached hydrogens (tertiary/aromatic N) is 6. The van der Waals surface area contributed by atoms with Crippen LogP contribution in [0.3, 0.4) is 0 Å². The summed E-state index contributed by atoms with van der Waals surface area (Å²) in [6.45, 7) is 7.36. The molecule has 1 amide bonds. The van der Waals surface area contributed by atoms with E-state index in [9.17, 15) is 9.18 Å². The van der Waals surface area contributed by atoms with Gasteiger partial charge in [-0.05, 0) is 55.0 Å². The van der Waals surface area contributed by atoms with E-state index in [1.54, 1.807) is 6.07 Å². The lowest BCUT2D eigenvalue weighted by atomic mass is 10.0. The first-order valence-corrected chi connectivity index (χ1v) is 14.4. The standard InChI is InChI=1S/C30H36FN7O4/c1-20-14-21(2-7-26(20)42-27-8-9-38(15-25(27)31)28(40)16-39)29-32-19-33-30(35-29)34-22-3-5-23(6-4-22)36-10-12-37(13-11-36)24-17-41-18-24/h2-7,14,19,24-25,27,39H,8-13,15-18H2,1H3,(H,32,33,34,35)/t25-,27+/m1/s1. The predicted molar refractivity (Wildman–Crippen MR) is 156 cm³/mol. The first-order valence-electron chi connectivity index (χ1n) is 14.4. The van der Waals surface area contributed by atoms with Gasteiger partial charge in [-0.3, -0.25) is 9.69 Å². The molecule has 2 atom stereocenters. The molecule has 3 fully saturated rings. The van der Waals surface area contributed by atoms with E-state index >= 15 is 0 Å². The number of carbonyl (C=O) groups is 1. The molecular weight excluding hydrogens is 541 g/mol. The maximum Gasteiger partial charge on any atom is 0.248 e. The number of nitrogens with one attached hydrogen (secondary N) is 1. The summed E-state index contributed by atoms with van der Waals surface area (Å²) in [4.78, 5) is 31.2. The Bertz CT molecular complexity index is 1380. The molecule has 0 saturated carbocycles. The Kier molecular flexibility index (Phi) is 8.45. The topological polar surface area (TPSA) is 116 Å². The maximum atomic E-state index is 14.7. The highest BCUT2D eigenvalue weighted by Gasteiger charge is 2.33. The Morgan fingerprint density at radius 2 is 1.88 bits per heavy atom. The summed E-state index contributed by atoms with van der Waals surface area (Å²) in [6.07, 6.45) is -0.175. The minimum atomic E-state index is -1.34. The number of anilines is 3. The molecule has 3 saturated heterocycles. The summed E-state index contributed by atoms with van der Waals surface area (Å²) in [5.41, 5.74) is 3.69. The van der Waals surface area contributed by atoms with Crippen molar-refractivity contribution in [2.24, 2.45) is 0 Å². The van der Waals surface area contributed by atoms with Crippen LogP contribution >= 0.6 is 0 Å². The van der Waals surface area contributed by atoms with Crippen LogP contribution in [0.25, 0.3) is 11.4 Å². The second-order valence-corrected chi connectivity index (χ2v) is 11.0. The van der Waals surface area contributed by atoms with Crippen LogP contribution in [0, 0.1) is 6.92 Å². The molecule has 6 rings (SSSR count). The van der Waals surface area contributed by atoms with Gasteiger partial charge in [-0.2, -0.15) is 4.98 Å². The number of halogens is 1. The van der Waals surface area contributed by atoms with Gasteiger partial charge in [-0.25, -0.2) is 14.4 Å². The molecular formula is C30H36FN7O4. The summed E-state index contributed by atoms with van der Waals surface area (Å²) in [6, 6.07) is 14.4. The minimum absolute atomic E-state index is 0.0852. The van der Waals surface area contributed by atoms with Crippen molar-refractivity contribution in [1.29, 1.82) is 0 Å². The van der Waals surface area contributed by atoms with Gasteiger partial charge in [-0.1, -0.05) is 0 Å². The van der Waals surface area contributed by atoms with Crippen LogP contribution in [-0.4, -0.2) is 113 Å². The van der Waals surface area contributed by atoms with Crippen molar-refractivity contribution in [3.8, 4) is 17.1 Å². The quantitative estimate of drug-likeness (QED) is 0.414. The van der Waals surface area contributed by atoms with Gasteiger partial charge < -0.3 is 29.7 Å². The highest BCUT2D eigenvalue weighted by Crippen LogP contribution is 2.29. The first-order chi connectivity index (χ1) is 20.5. The van der Waals surface area contributed by atoms with Gasteiger partial charge in [0.05, 0.1) is 25.8 Å². The van der Waals surface area contributed by atoms with E-state index in [1.165, 1.54) is 16.9 Å². The molecule has 0 radical (unpaired) electrons. The van der Waals surface area contributed by atoms with E-state index in [4.69, 9.17) is 14.6 Å². The zero-order valence-corrected chi connectivity index (χ0v) is 23.7. The van der Waals surface area contributed by atoms with E-state index in [0.717, 1.165) is 56.2 Å².